The molecule has 0 radical (unpaired) electrons. The molecule has 0 aromatic heterocycles. The highest BCUT2D eigenvalue weighted by atomic mass is 16.5. The normalized spacial score (nSPS) is 39.2. The third-order valence-corrected chi connectivity index (χ3v) is 5.01. The third-order valence-electron chi connectivity index (χ3n) is 5.01. The predicted molar refractivity (Wildman–Crippen MR) is 72.0 cm³/mol. The zero-order valence-corrected chi connectivity index (χ0v) is 11.7. The molecule has 1 heterocycles. The number of amides is 1. The number of aliphatic carboxylic acids is 1. The summed E-state index contributed by atoms with van der Waals surface area (Å²) in [7, 11) is 0. The minimum Gasteiger partial charge on any atom is -0.481 e. The zero-order valence-electron chi connectivity index (χ0n) is 11.7. The molecule has 5 atom stereocenters. The number of fused-ring (bicyclic) bond motifs is 2. The first-order chi connectivity index (χ1) is 9.63. The molecule has 20 heavy (non-hydrogen) atoms. The molecule has 5 unspecified atom stereocenters. The Morgan fingerprint density at radius 2 is 2.00 bits per heavy atom. The van der Waals surface area contributed by atoms with Crippen LogP contribution in [0.15, 0.2) is 12.2 Å². The van der Waals surface area contributed by atoms with E-state index >= 15 is 0 Å². The Bertz CT molecular complexity index is 447. The molecule has 0 aromatic rings. The number of carboxylic acids is 1. The molecule has 2 fully saturated rings. The van der Waals surface area contributed by atoms with Crippen LogP contribution in [0.4, 0.5) is 0 Å². The predicted octanol–water partition coefficient (Wildman–Crippen LogP) is 1.15. The van der Waals surface area contributed by atoms with Crippen molar-refractivity contribution < 1.29 is 19.4 Å². The summed E-state index contributed by atoms with van der Waals surface area (Å²) in [6.45, 7) is 3.74. The first-order valence-electron chi connectivity index (χ1n) is 7.42. The average molecular weight is 279 g/mol. The van der Waals surface area contributed by atoms with Crippen LogP contribution in [0, 0.1) is 23.7 Å². The highest BCUT2D eigenvalue weighted by Crippen LogP contribution is 2.49. The van der Waals surface area contributed by atoms with Crippen molar-refractivity contribution in [2.24, 2.45) is 23.7 Å². The van der Waals surface area contributed by atoms with Gasteiger partial charge in [-0.05, 0) is 24.7 Å². The molecule has 5 nitrogen and oxygen atoms in total. The fraction of sp³-hybridized carbons (Fsp3) is 0.733. The first kappa shape index (κ1) is 13.6. The van der Waals surface area contributed by atoms with Crippen LogP contribution in [0.5, 0.6) is 0 Å². The van der Waals surface area contributed by atoms with Crippen molar-refractivity contribution in [3.8, 4) is 0 Å². The Labute approximate surface area is 118 Å². The van der Waals surface area contributed by atoms with Crippen LogP contribution in [0.1, 0.15) is 19.8 Å². The lowest BCUT2D eigenvalue weighted by Gasteiger charge is -2.38. The van der Waals surface area contributed by atoms with Gasteiger partial charge in [0.05, 0.1) is 31.1 Å². The summed E-state index contributed by atoms with van der Waals surface area (Å²) >= 11 is 0. The van der Waals surface area contributed by atoms with Crippen LogP contribution in [-0.2, 0) is 14.3 Å². The Kier molecular flexibility index (Phi) is 3.54. The number of carbonyl (C=O) groups is 2. The van der Waals surface area contributed by atoms with Gasteiger partial charge in [0.25, 0.3) is 0 Å². The van der Waals surface area contributed by atoms with Crippen molar-refractivity contribution in [1.82, 2.24) is 4.90 Å². The lowest BCUT2D eigenvalue weighted by Crippen LogP contribution is -2.52. The van der Waals surface area contributed by atoms with E-state index in [0.717, 1.165) is 12.8 Å². The smallest absolute Gasteiger partial charge is 0.307 e. The minimum atomic E-state index is -0.832. The average Bonchev–Trinajstić information content (AvgIpc) is 3.06. The lowest BCUT2D eigenvalue weighted by atomic mass is 9.81. The summed E-state index contributed by atoms with van der Waals surface area (Å²) < 4.78 is 5.43. The molecular formula is C15H21NO4. The zero-order chi connectivity index (χ0) is 14.3. The maximum absolute atomic E-state index is 12.8. The summed E-state index contributed by atoms with van der Waals surface area (Å²) in [5.74, 6) is -1.60. The van der Waals surface area contributed by atoms with E-state index in [0.29, 0.717) is 19.8 Å². The molecule has 0 spiro atoms. The Hall–Kier alpha value is -1.36. The van der Waals surface area contributed by atoms with E-state index in [1.165, 1.54) is 0 Å². The van der Waals surface area contributed by atoms with Gasteiger partial charge < -0.3 is 14.7 Å². The molecule has 1 saturated heterocycles. The second kappa shape index (κ2) is 5.20. The Balaban J connectivity index is 1.82. The van der Waals surface area contributed by atoms with Crippen molar-refractivity contribution in [1.29, 1.82) is 0 Å². The van der Waals surface area contributed by atoms with Gasteiger partial charge in [0.1, 0.15) is 0 Å². The van der Waals surface area contributed by atoms with E-state index in [4.69, 9.17) is 4.74 Å². The van der Waals surface area contributed by atoms with Gasteiger partial charge in [-0.1, -0.05) is 19.1 Å². The van der Waals surface area contributed by atoms with Crippen LogP contribution >= 0.6 is 0 Å². The van der Waals surface area contributed by atoms with Crippen molar-refractivity contribution in [3.63, 3.8) is 0 Å². The van der Waals surface area contributed by atoms with E-state index in [1.807, 2.05) is 24.0 Å². The fourth-order valence-corrected chi connectivity index (χ4v) is 3.97. The molecule has 110 valence electrons. The molecule has 3 rings (SSSR count). The van der Waals surface area contributed by atoms with Gasteiger partial charge in [-0.25, -0.2) is 0 Å². The molecule has 0 aromatic carbocycles. The second-order valence-corrected chi connectivity index (χ2v) is 6.01. The second-order valence-electron chi connectivity index (χ2n) is 6.01. The summed E-state index contributed by atoms with van der Waals surface area (Å²) in [4.78, 5) is 26.2. The summed E-state index contributed by atoms with van der Waals surface area (Å²) in [5, 5.41) is 9.45. The van der Waals surface area contributed by atoms with Gasteiger partial charge >= 0.3 is 5.97 Å². The van der Waals surface area contributed by atoms with Gasteiger partial charge in [-0.3, -0.25) is 9.59 Å². The number of carboxylic acid groups (broad SMARTS) is 1. The molecule has 1 N–H and O–H groups in total. The van der Waals surface area contributed by atoms with Gasteiger partial charge in [-0.2, -0.15) is 0 Å². The third kappa shape index (κ3) is 2.04. The SMILES string of the molecule is CCC1COCCN1C(=O)C1C2C=CC(C2)C1C(=O)O. The minimum absolute atomic E-state index is 0.0180. The van der Waals surface area contributed by atoms with E-state index in [2.05, 4.69) is 0 Å². The van der Waals surface area contributed by atoms with E-state index < -0.39 is 11.9 Å². The van der Waals surface area contributed by atoms with Gasteiger partial charge in [0, 0.05) is 6.54 Å². The van der Waals surface area contributed by atoms with E-state index in [1.54, 1.807) is 0 Å². The largest absolute Gasteiger partial charge is 0.481 e. The van der Waals surface area contributed by atoms with E-state index in [9.17, 15) is 14.7 Å². The fourth-order valence-electron chi connectivity index (χ4n) is 3.97. The van der Waals surface area contributed by atoms with E-state index in [-0.39, 0.29) is 29.7 Å². The van der Waals surface area contributed by atoms with Crippen LogP contribution in [0.2, 0.25) is 0 Å². The van der Waals surface area contributed by atoms with Crippen LogP contribution < -0.4 is 0 Å². The highest BCUT2D eigenvalue weighted by Gasteiger charge is 2.53. The van der Waals surface area contributed by atoms with Crippen molar-refractivity contribution in [2.75, 3.05) is 19.8 Å². The molecular weight excluding hydrogens is 258 g/mol. The summed E-state index contributed by atoms with van der Waals surface area (Å²) in [6.07, 6.45) is 5.67. The number of allylic oxidation sites excluding steroid dienone is 2. The number of morpholine rings is 1. The maximum atomic E-state index is 12.8. The molecule has 3 aliphatic rings. The van der Waals surface area contributed by atoms with Crippen LogP contribution in [0.25, 0.3) is 0 Å². The first-order valence-corrected chi connectivity index (χ1v) is 7.42. The molecule has 1 aliphatic heterocycles. The Morgan fingerprint density at radius 1 is 1.30 bits per heavy atom. The van der Waals surface area contributed by atoms with Crippen molar-refractivity contribution in [2.45, 2.75) is 25.8 Å². The number of nitrogens with zero attached hydrogens (tertiary/aromatic N) is 1. The highest BCUT2D eigenvalue weighted by molar-refractivity contribution is 5.87. The number of carbonyl (C=O) groups excluding carboxylic acids is 1. The number of hydrogen-bond donors (Lipinski definition) is 1. The van der Waals surface area contributed by atoms with Crippen LogP contribution in [0.3, 0.4) is 0 Å². The summed E-state index contributed by atoms with van der Waals surface area (Å²) in [6, 6.07) is 0.0915. The maximum Gasteiger partial charge on any atom is 0.307 e. The molecule has 1 amide bonds. The monoisotopic (exact) mass is 279 g/mol. The van der Waals surface area contributed by atoms with Gasteiger partial charge in [-0.15, -0.1) is 0 Å². The number of ether oxygens (including phenoxy) is 1. The van der Waals surface area contributed by atoms with Gasteiger partial charge in [0.15, 0.2) is 0 Å². The number of hydrogen-bond acceptors (Lipinski definition) is 3. The van der Waals surface area contributed by atoms with Crippen molar-refractivity contribution in [3.05, 3.63) is 12.2 Å². The summed E-state index contributed by atoms with van der Waals surface area (Å²) in [5.41, 5.74) is 0. The van der Waals surface area contributed by atoms with Gasteiger partial charge in [0.2, 0.25) is 5.91 Å². The Morgan fingerprint density at radius 3 is 2.65 bits per heavy atom. The molecule has 2 bridgehead atoms. The standard InChI is InChI=1S/C15H21NO4/c1-2-11-8-20-6-5-16(11)14(17)12-9-3-4-10(7-9)13(12)15(18)19/h3-4,9-13H,2,5-8H2,1H3,(H,18,19). The van der Waals surface area contributed by atoms with Crippen LogP contribution in [-0.4, -0.2) is 47.7 Å². The molecule has 2 aliphatic carbocycles. The number of rotatable bonds is 3. The molecule has 1 saturated carbocycles. The quantitative estimate of drug-likeness (QED) is 0.787. The lowest BCUT2D eigenvalue weighted by molar-refractivity contribution is -0.155. The molecule has 5 heteroatoms. The van der Waals surface area contributed by atoms with Crippen molar-refractivity contribution >= 4 is 11.9 Å². The topological polar surface area (TPSA) is 66.8 Å².